The molecule has 0 saturated heterocycles. The SMILES string of the molecule is O=C(O)c1ccc(S(=O)(=O)NCCc2ncno2)nc1. The van der Waals surface area contributed by atoms with Crippen molar-refractivity contribution < 1.29 is 22.8 Å². The van der Waals surface area contributed by atoms with Gasteiger partial charge in [0, 0.05) is 19.2 Å². The van der Waals surface area contributed by atoms with Gasteiger partial charge in [0.05, 0.1) is 5.56 Å². The molecule has 2 rings (SSSR count). The Balaban J connectivity index is 2.00. The Kier molecular flexibility index (Phi) is 4.05. The fourth-order valence-electron chi connectivity index (χ4n) is 1.34. The normalized spacial score (nSPS) is 11.4. The zero-order valence-electron chi connectivity index (χ0n) is 10.1. The molecule has 2 aromatic heterocycles. The molecule has 0 radical (unpaired) electrons. The van der Waals surface area contributed by atoms with Gasteiger partial charge in [-0.1, -0.05) is 5.16 Å². The Morgan fingerprint density at radius 2 is 2.15 bits per heavy atom. The van der Waals surface area contributed by atoms with Gasteiger partial charge in [0.2, 0.25) is 5.89 Å². The molecule has 2 N–H and O–H groups in total. The average molecular weight is 298 g/mol. The van der Waals surface area contributed by atoms with Crippen LogP contribution in [0, 0.1) is 0 Å². The second kappa shape index (κ2) is 5.75. The van der Waals surface area contributed by atoms with Gasteiger partial charge >= 0.3 is 5.97 Å². The molecule has 0 aliphatic heterocycles. The van der Waals surface area contributed by atoms with Gasteiger partial charge in [-0.3, -0.25) is 0 Å². The van der Waals surface area contributed by atoms with Gasteiger partial charge in [-0.15, -0.1) is 0 Å². The first-order valence-electron chi connectivity index (χ1n) is 5.43. The van der Waals surface area contributed by atoms with Gasteiger partial charge in [-0.05, 0) is 12.1 Å². The largest absolute Gasteiger partial charge is 0.478 e. The third kappa shape index (κ3) is 3.36. The predicted molar refractivity (Wildman–Crippen MR) is 64.4 cm³/mol. The van der Waals surface area contributed by atoms with Gasteiger partial charge in [0.25, 0.3) is 10.0 Å². The number of rotatable bonds is 6. The van der Waals surface area contributed by atoms with E-state index in [2.05, 4.69) is 19.8 Å². The van der Waals surface area contributed by atoms with Crippen LogP contribution in [0.2, 0.25) is 0 Å². The lowest BCUT2D eigenvalue weighted by Gasteiger charge is -2.04. The molecule has 10 heteroatoms. The maximum atomic E-state index is 11.9. The average Bonchev–Trinajstić information content (AvgIpc) is 2.92. The van der Waals surface area contributed by atoms with E-state index in [0.717, 1.165) is 12.3 Å². The highest BCUT2D eigenvalue weighted by Gasteiger charge is 2.16. The van der Waals surface area contributed by atoms with Gasteiger partial charge < -0.3 is 9.63 Å². The predicted octanol–water partition coefficient (Wildman–Crippen LogP) is -0.316. The molecule has 0 saturated carbocycles. The Bertz CT molecular complexity index is 681. The first kappa shape index (κ1) is 14.1. The standard InChI is InChI=1S/C10H10N4O5S/c15-10(16)7-1-2-9(11-5-7)20(17,18)14-4-3-8-12-6-13-19-8/h1-2,5-6,14H,3-4H2,(H,15,16). The van der Waals surface area contributed by atoms with Crippen LogP contribution in [-0.2, 0) is 16.4 Å². The number of aromatic nitrogens is 3. The fraction of sp³-hybridized carbons (Fsp3) is 0.200. The number of aromatic carboxylic acids is 1. The second-order valence-electron chi connectivity index (χ2n) is 3.67. The first-order valence-corrected chi connectivity index (χ1v) is 6.92. The third-order valence-corrected chi connectivity index (χ3v) is 3.67. The number of hydrogen-bond acceptors (Lipinski definition) is 7. The fourth-order valence-corrected chi connectivity index (χ4v) is 2.30. The summed E-state index contributed by atoms with van der Waals surface area (Å²) in [4.78, 5) is 18.0. The van der Waals surface area contributed by atoms with E-state index in [-0.39, 0.29) is 23.6 Å². The van der Waals surface area contributed by atoms with Crippen LogP contribution in [0.1, 0.15) is 16.2 Å². The highest BCUT2D eigenvalue weighted by molar-refractivity contribution is 7.89. The van der Waals surface area contributed by atoms with Crippen molar-refractivity contribution in [1.29, 1.82) is 0 Å². The van der Waals surface area contributed by atoms with Gasteiger partial charge in [-0.2, -0.15) is 4.98 Å². The van der Waals surface area contributed by atoms with Crippen LogP contribution >= 0.6 is 0 Å². The number of carboxylic acids is 1. The Morgan fingerprint density at radius 3 is 2.70 bits per heavy atom. The van der Waals surface area contributed by atoms with Crippen molar-refractivity contribution in [3.05, 3.63) is 36.1 Å². The van der Waals surface area contributed by atoms with Crippen LogP contribution in [-0.4, -0.2) is 41.2 Å². The molecule has 2 aromatic rings. The number of hydrogen-bond donors (Lipinski definition) is 2. The van der Waals surface area contributed by atoms with Crippen LogP contribution in [0.3, 0.4) is 0 Å². The minimum atomic E-state index is -3.80. The first-order chi connectivity index (χ1) is 9.49. The number of nitrogens with one attached hydrogen (secondary N) is 1. The molecule has 0 atom stereocenters. The lowest BCUT2D eigenvalue weighted by molar-refractivity contribution is 0.0696. The van der Waals surface area contributed by atoms with Crippen LogP contribution < -0.4 is 4.72 Å². The number of sulfonamides is 1. The molecule has 0 fully saturated rings. The van der Waals surface area contributed by atoms with Crippen molar-refractivity contribution in [2.24, 2.45) is 0 Å². The lowest BCUT2D eigenvalue weighted by Crippen LogP contribution is -2.26. The molecule has 0 spiro atoms. The Morgan fingerprint density at radius 1 is 1.35 bits per heavy atom. The molecule has 0 aliphatic rings. The minimum absolute atomic E-state index is 0.0624. The van der Waals surface area contributed by atoms with E-state index in [1.165, 1.54) is 12.4 Å². The van der Waals surface area contributed by atoms with E-state index in [0.29, 0.717) is 5.89 Å². The highest BCUT2D eigenvalue weighted by Crippen LogP contribution is 2.06. The second-order valence-corrected chi connectivity index (χ2v) is 5.39. The van der Waals surface area contributed by atoms with Crippen molar-refractivity contribution in [3.63, 3.8) is 0 Å². The maximum absolute atomic E-state index is 11.9. The van der Waals surface area contributed by atoms with E-state index in [4.69, 9.17) is 9.63 Å². The topological polar surface area (TPSA) is 135 Å². The molecule has 20 heavy (non-hydrogen) atoms. The molecule has 0 bridgehead atoms. The number of carbonyl (C=O) groups is 1. The third-order valence-electron chi connectivity index (χ3n) is 2.30. The summed E-state index contributed by atoms with van der Waals surface area (Å²) in [6.07, 6.45) is 2.44. The van der Waals surface area contributed by atoms with Gasteiger partial charge in [0.1, 0.15) is 0 Å². The summed E-state index contributed by atoms with van der Waals surface area (Å²) in [5.74, 6) is -0.868. The van der Waals surface area contributed by atoms with Gasteiger partial charge in [-0.25, -0.2) is 22.9 Å². The van der Waals surface area contributed by atoms with Crippen LogP contribution in [0.15, 0.2) is 34.2 Å². The van der Waals surface area contributed by atoms with Crippen molar-refractivity contribution in [1.82, 2.24) is 19.8 Å². The van der Waals surface area contributed by atoms with Crippen molar-refractivity contribution in [2.75, 3.05) is 6.54 Å². The number of pyridine rings is 1. The quantitative estimate of drug-likeness (QED) is 0.740. The summed E-state index contributed by atoms with van der Waals surface area (Å²) < 4.78 is 30.7. The van der Waals surface area contributed by atoms with Gasteiger partial charge in [0.15, 0.2) is 11.4 Å². The van der Waals surface area contributed by atoms with E-state index < -0.39 is 16.0 Å². The molecular formula is C10H10N4O5S. The van der Waals surface area contributed by atoms with Crippen LogP contribution in [0.5, 0.6) is 0 Å². The summed E-state index contributed by atoms with van der Waals surface area (Å²) in [7, 11) is -3.80. The number of carboxylic acid groups (broad SMARTS) is 1. The summed E-state index contributed by atoms with van der Waals surface area (Å²) in [5, 5.41) is 11.8. The number of nitrogens with zero attached hydrogens (tertiary/aromatic N) is 3. The Labute approximate surface area is 113 Å². The minimum Gasteiger partial charge on any atom is -0.478 e. The molecule has 0 aromatic carbocycles. The monoisotopic (exact) mass is 298 g/mol. The van der Waals surface area contributed by atoms with E-state index in [1.807, 2.05) is 0 Å². The zero-order chi connectivity index (χ0) is 14.6. The van der Waals surface area contributed by atoms with E-state index >= 15 is 0 Å². The lowest BCUT2D eigenvalue weighted by atomic mass is 10.3. The maximum Gasteiger partial charge on any atom is 0.337 e. The molecule has 0 amide bonds. The molecule has 2 heterocycles. The van der Waals surface area contributed by atoms with E-state index in [1.54, 1.807) is 0 Å². The smallest absolute Gasteiger partial charge is 0.337 e. The van der Waals surface area contributed by atoms with Crippen molar-refractivity contribution in [3.8, 4) is 0 Å². The Hall–Kier alpha value is -2.33. The summed E-state index contributed by atoms with van der Waals surface area (Å²) in [6, 6.07) is 2.29. The molecule has 0 aliphatic carbocycles. The highest BCUT2D eigenvalue weighted by atomic mass is 32.2. The summed E-state index contributed by atoms with van der Waals surface area (Å²) >= 11 is 0. The molecule has 0 unspecified atom stereocenters. The van der Waals surface area contributed by atoms with Crippen molar-refractivity contribution in [2.45, 2.75) is 11.4 Å². The zero-order valence-corrected chi connectivity index (χ0v) is 10.9. The van der Waals surface area contributed by atoms with E-state index in [9.17, 15) is 13.2 Å². The molecule has 106 valence electrons. The molecule has 9 nitrogen and oxygen atoms in total. The molecular weight excluding hydrogens is 288 g/mol. The summed E-state index contributed by atoms with van der Waals surface area (Å²) in [6.45, 7) is 0.0624. The summed E-state index contributed by atoms with van der Waals surface area (Å²) in [5.41, 5.74) is -0.0881. The van der Waals surface area contributed by atoms with Crippen LogP contribution in [0.25, 0.3) is 0 Å². The van der Waals surface area contributed by atoms with Crippen LogP contribution in [0.4, 0.5) is 0 Å². The van der Waals surface area contributed by atoms with Crippen molar-refractivity contribution >= 4 is 16.0 Å².